The minimum absolute atomic E-state index is 0.00920. The van der Waals surface area contributed by atoms with Crippen LogP contribution >= 0.6 is 34.4 Å². The first kappa shape index (κ1) is 20.0. The smallest absolute Gasteiger partial charge is 0.226 e. The fraction of sp³-hybridized carbons (Fsp3) is 0.238. The monoisotopic (exact) mass is 440 g/mol. The highest BCUT2D eigenvalue weighted by molar-refractivity contribution is 8.00. The first-order valence-electron chi connectivity index (χ1n) is 9.41. The lowest BCUT2D eigenvalue weighted by Gasteiger charge is -2.00. The number of nitrogens with zero attached hydrogens (tertiary/aromatic N) is 3. The zero-order chi connectivity index (χ0) is 19.9. The van der Waals surface area contributed by atoms with E-state index >= 15 is 0 Å². The summed E-state index contributed by atoms with van der Waals surface area (Å²) in [5, 5.41) is 12.8. The van der Waals surface area contributed by atoms with Crippen molar-refractivity contribution in [2.24, 2.45) is 0 Å². The van der Waals surface area contributed by atoms with Crippen molar-refractivity contribution in [1.82, 2.24) is 15.2 Å². The van der Waals surface area contributed by atoms with Crippen LogP contribution in [0, 0.1) is 0 Å². The van der Waals surface area contributed by atoms with Crippen molar-refractivity contribution in [3.8, 4) is 0 Å². The molecule has 1 amide bonds. The summed E-state index contributed by atoms with van der Waals surface area (Å²) >= 11 is 4.78. The van der Waals surface area contributed by atoms with E-state index in [1.54, 1.807) is 23.1 Å². The van der Waals surface area contributed by atoms with Crippen molar-refractivity contribution in [3.63, 3.8) is 0 Å². The molecule has 4 rings (SSSR count). The van der Waals surface area contributed by atoms with Gasteiger partial charge in [0.1, 0.15) is 0 Å². The number of hydrogen-bond donors (Lipinski definition) is 1. The van der Waals surface area contributed by atoms with Crippen molar-refractivity contribution >= 4 is 55.7 Å². The van der Waals surface area contributed by atoms with E-state index in [4.69, 9.17) is 0 Å². The standard InChI is InChI=1S/C21H20N4OS3/c26-18(12-6-7-13-19-22-16-10-4-5-11-17(16)28-19)23-20-24-25-21(29-20)27-14-15-8-2-1-3-9-15/h1-5,8-11H,6-7,12-14H2,(H,23,24,26). The van der Waals surface area contributed by atoms with Crippen LogP contribution in [0.1, 0.15) is 29.8 Å². The van der Waals surface area contributed by atoms with Gasteiger partial charge < -0.3 is 5.32 Å². The average Bonchev–Trinajstić information content (AvgIpc) is 3.36. The number of carbonyl (C=O) groups is 1. The Morgan fingerprint density at radius 2 is 1.79 bits per heavy atom. The third-order valence-electron chi connectivity index (χ3n) is 4.24. The summed E-state index contributed by atoms with van der Waals surface area (Å²) < 4.78 is 2.08. The highest BCUT2D eigenvalue weighted by atomic mass is 32.2. The van der Waals surface area contributed by atoms with Gasteiger partial charge in [0.2, 0.25) is 11.0 Å². The molecule has 0 aliphatic carbocycles. The Morgan fingerprint density at radius 3 is 2.66 bits per heavy atom. The molecule has 2 aromatic heterocycles. The maximum atomic E-state index is 12.2. The van der Waals surface area contributed by atoms with Crippen molar-refractivity contribution in [2.45, 2.75) is 35.8 Å². The van der Waals surface area contributed by atoms with Gasteiger partial charge in [0, 0.05) is 12.2 Å². The molecule has 148 valence electrons. The number of thiazole rings is 1. The number of para-hydroxylation sites is 1. The van der Waals surface area contributed by atoms with Crippen LogP contribution in [-0.2, 0) is 17.0 Å². The highest BCUT2D eigenvalue weighted by Crippen LogP contribution is 2.28. The normalized spacial score (nSPS) is 11.0. The van der Waals surface area contributed by atoms with Crippen LogP contribution in [0.25, 0.3) is 10.2 Å². The number of hydrogen-bond acceptors (Lipinski definition) is 7. The second-order valence-electron chi connectivity index (χ2n) is 6.48. The van der Waals surface area contributed by atoms with E-state index in [0.717, 1.165) is 39.9 Å². The van der Waals surface area contributed by atoms with Gasteiger partial charge in [0.15, 0.2) is 4.34 Å². The summed E-state index contributed by atoms with van der Waals surface area (Å²) in [6.45, 7) is 0. The molecule has 0 aliphatic heterocycles. The van der Waals surface area contributed by atoms with Gasteiger partial charge in [-0.3, -0.25) is 4.79 Å². The van der Waals surface area contributed by atoms with Crippen molar-refractivity contribution in [3.05, 3.63) is 65.2 Å². The summed E-state index contributed by atoms with van der Waals surface area (Å²) in [5.74, 6) is 0.833. The molecule has 2 heterocycles. The minimum atomic E-state index is -0.00920. The molecule has 0 saturated carbocycles. The Kier molecular flexibility index (Phi) is 6.87. The van der Waals surface area contributed by atoms with Gasteiger partial charge in [-0.15, -0.1) is 21.5 Å². The maximum Gasteiger partial charge on any atom is 0.226 e. The quantitative estimate of drug-likeness (QED) is 0.203. The molecule has 4 aromatic rings. The Balaban J connectivity index is 1.17. The number of carbonyl (C=O) groups excluding carboxylic acids is 1. The minimum Gasteiger partial charge on any atom is -0.301 e. The second kappa shape index (κ2) is 9.96. The molecule has 0 bridgehead atoms. The number of unbranched alkanes of at least 4 members (excludes halogenated alkanes) is 1. The SMILES string of the molecule is O=C(CCCCc1nc2ccccc2s1)Nc1nnc(SCc2ccccc2)s1. The Bertz CT molecular complexity index is 1040. The molecule has 0 radical (unpaired) electrons. The number of fused-ring (bicyclic) bond motifs is 1. The van der Waals surface area contributed by atoms with Crippen LogP contribution in [0.2, 0.25) is 0 Å². The summed E-state index contributed by atoms with van der Waals surface area (Å²) in [6, 6.07) is 18.4. The molecule has 0 atom stereocenters. The number of benzene rings is 2. The van der Waals surface area contributed by atoms with E-state index in [9.17, 15) is 4.79 Å². The zero-order valence-corrected chi connectivity index (χ0v) is 18.2. The van der Waals surface area contributed by atoms with Gasteiger partial charge in [-0.05, 0) is 37.0 Å². The molecule has 0 aliphatic rings. The molecule has 0 spiro atoms. The molecule has 0 fully saturated rings. The largest absolute Gasteiger partial charge is 0.301 e. The lowest BCUT2D eigenvalue weighted by molar-refractivity contribution is -0.116. The maximum absolute atomic E-state index is 12.2. The molecule has 29 heavy (non-hydrogen) atoms. The fourth-order valence-electron chi connectivity index (χ4n) is 2.81. The second-order valence-corrected chi connectivity index (χ2v) is 9.79. The zero-order valence-electron chi connectivity index (χ0n) is 15.7. The van der Waals surface area contributed by atoms with E-state index in [0.29, 0.717) is 11.6 Å². The summed E-state index contributed by atoms with van der Waals surface area (Å²) in [7, 11) is 0. The Morgan fingerprint density at radius 1 is 0.966 bits per heavy atom. The first-order valence-corrected chi connectivity index (χ1v) is 12.0. The third-order valence-corrected chi connectivity index (χ3v) is 7.38. The van der Waals surface area contributed by atoms with Crippen LogP contribution in [0.4, 0.5) is 5.13 Å². The van der Waals surface area contributed by atoms with Crippen LogP contribution in [0.5, 0.6) is 0 Å². The molecular formula is C21H20N4OS3. The van der Waals surface area contributed by atoms with Crippen LogP contribution in [0.15, 0.2) is 58.9 Å². The molecule has 0 saturated heterocycles. The van der Waals surface area contributed by atoms with E-state index in [1.165, 1.54) is 21.6 Å². The van der Waals surface area contributed by atoms with Crippen LogP contribution in [0.3, 0.4) is 0 Å². The fourth-order valence-corrected chi connectivity index (χ4v) is 5.54. The van der Waals surface area contributed by atoms with E-state index < -0.39 is 0 Å². The number of aryl methyl sites for hydroxylation is 1. The van der Waals surface area contributed by atoms with Crippen molar-refractivity contribution in [2.75, 3.05) is 5.32 Å². The number of aromatic nitrogens is 3. The topological polar surface area (TPSA) is 67.8 Å². The van der Waals surface area contributed by atoms with Gasteiger partial charge in [0.05, 0.1) is 15.2 Å². The molecule has 1 N–H and O–H groups in total. The van der Waals surface area contributed by atoms with Crippen LogP contribution < -0.4 is 5.32 Å². The predicted octanol–water partition coefficient (Wildman–Crippen LogP) is 5.79. The number of thioether (sulfide) groups is 1. The van der Waals surface area contributed by atoms with Gasteiger partial charge >= 0.3 is 0 Å². The Labute approximate surface area is 181 Å². The van der Waals surface area contributed by atoms with E-state index in [2.05, 4.69) is 38.7 Å². The van der Waals surface area contributed by atoms with E-state index in [1.807, 2.05) is 36.4 Å². The highest BCUT2D eigenvalue weighted by Gasteiger charge is 2.09. The van der Waals surface area contributed by atoms with Crippen molar-refractivity contribution < 1.29 is 4.79 Å². The molecule has 2 aromatic carbocycles. The van der Waals surface area contributed by atoms with Crippen LogP contribution in [-0.4, -0.2) is 21.1 Å². The van der Waals surface area contributed by atoms with Gasteiger partial charge in [-0.1, -0.05) is 65.6 Å². The number of nitrogens with one attached hydrogen (secondary N) is 1. The predicted molar refractivity (Wildman–Crippen MR) is 122 cm³/mol. The molecule has 8 heteroatoms. The van der Waals surface area contributed by atoms with Gasteiger partial charge in [-0.2, -0.15) is 0 Å². The Hall–Kier alpha value is -2.29. The van der Waals surface area contributed by atoms with E-state index in [-0.39, 0.29) is 5.91 Å². The lowest BCUT2D eigenvalue weighted by atomic mass is 10.2. The number of anilines is 1. The molecule has 0 unspecified atom stereocenters. The third kappa shape index (κ3) is 5.85. The number of rotatable bonds is 9. The van der Waals surface area contributed by atoms with Crippen molar-refractivity contribution in [1.29, 1.82) is 0 Å². The first-order chi connectivity index (χ1) is 14.3. The number of amides is 1. The van der Waals surface area contributed by atoms with Gasteiger partial charge in [-0.25, -0.2) is 4.98 Å². The average molecular weight is 441 g/mol. The summed E-state index contributed by atoms with van der Waals surface area (Å²) in [6.07, 6.45) is 3.17. The summed E-state index contributed by atoms with van der Waals surface area (Å²) in [4.78, 5) is 16.8. The molecular weight excluding hydrogens is 420 g/mol. The lowest BCUT2D eigenvalue weighted by Crippen LogP contribution is -2.10. The van der Waals surface area contributed by atoms with Gasteiger partial charge in [0.25, 0.3) is 0 Å². The summed E-state index contributed by atoms with van der Waals surface area (Å²) in [5.41, 5.74) is 2.30. The molecule has 5 nitrogen and oxygen atoms in total.